The van der Waals surface area contributed by atoms with Crippen molar-refractivity contribution in [3.05, 3.63) is 53.3 Å². The largest absolute Gasteiger partial charge is 0.277 e. The summed E-state index contributed by atoms with van der Waals surface area (Å²) in [6.07, 6.45) is 2.61. The summed E-state index contributed by atoms with van der Waals surface area (Å²) >= 11 is 5.65. The molecular weight excluding hydrogens is 415 g/mol. The van der Waals surface area contributed by atoms with Crippen molar-refractivity contribution >= 4 is 37.3 Å². The highest BCUT2D eigenvalue weighted by atomic mass is 35.5. The first kappa shape index (κ1) is 20.1. The molecule has 0 saturated carbocycles. The Kier molecular flexibility index (Phi) is 5.76. The second-order valence-electron chi connectivity index (χ2n) is 6.14. The monoisotopic (exact) mass is 432 g/mol. The zero-order valence-corrected chi connectivity index (χ0v) is 16.6. The number of benzene rings is 2. The number of sulfonamides is 2. The molecule has 6 nitrogen and oxygen atoms in total. The maximum absolute atomic E-state index is 13.9. The Balaban J connectivity index is 1.85. The third-order valence-electron chi connectivity index (χ3n) is 4.28. The van der Waals surface area contributed by atoms with Crippen molar-refractivity contribution in [2.24, 2.45) is 0 Å². The molecule has 0 unspecified atom stereocenters. The van der Waals surface area contributed by atoms with Gasteiger partial charge in [-0.25, -0.2) is 21.2 Å². The van der Waals surface area contributed by atoms with Crippen LogP contribution in [0.4, 0.5) is 10.1 Å². The Morgan fingerprint density at radius 2 is 1.48 bits per heavy atom. The van der Waals surface area contributed by atoms with Crippen LogP contribution < -0.4 is 4.72 Å². The van der Waals surface area contributed by atoms with Crippen LogP contribution in [0.3, 0.4) is 0 Å². The summed E-state index contributed by atoms with van der Waals surface area (Å²) in [4.78, 5) is -0.156. The first-order valence-electron chi connectivity index (χ1n) is 8.29. The van der Waals surface area contributed by atoms with Gasteiger partial charge >= 0.3 is 0 Å². The molecule has 27 heavy (non-hydrogen) atoms. The van der Waals surface area contributed by atoms with Gasteiger partial charge in [0.15, 0.2) is 5.82 Å². The number of nitrogens with one attached hydrogen (secondary N) is 1. The van der Waals surface area contributed by atoms with E-state index in [1.165, 1.54) is 46.8 Å². The SMILES string of the molecule is O=S(=O)(Nc1cccc(Cl)c1F)c1ccc(S(=O)(=O)N2CCCCC2)cc1. The van der Waals surface area contributed by atoms with Crippen LogP contribution >= 0.6 is 11.6 Å². The number of rotatable bonds is 5. The summed E-state index contributed by atoms with van der Waals surface area (Å²) in [5, 5.41) is -0.210. The summed E-state index contributed by atoms with van der Waals surface area (Å²) in [5.41, 5.74) is -0.285. The molecule has 0 aromatic heterocycles. The number of halogens is 2. The molecule has 1 fully saturated rings. The molecule has 0 radical (unpaired) electrons. The van der Waals surface area contributed by atoms with Gasteiger partial charge in [0.25, 0.3) is 10.0 Å². The van der Waals surface area contributed by atoms with Crippen LogP contribution in [0.15, 0.2) is 52.3 Å². The minimum Gasteiger partial charge on any atom is -0.277 e. The normalized spacial score (nSPS) is 16.2. The van der Waals surface area contributed by atoms with Gasteiger partial charge in [-0.1, -0.05) is 24.1 Å². The van der Waals surface area contributed by atoms with Crippen LogP contribution in [0.25, 0.3) is 0 Å². The third-order valence-corrected chi connectivity index (χ3v) is 7.87. The lowest BCUT2D eigenvalue weighted by Gasteiger charge is -2.25. The lowest BCUT2D eigenvalue weighted by Crippen LogP contribution is -2.35. The number of hydrogen-bond acceptors (Lipinski definition) is 4. The highest BCUT2D eigenvalue weighted by molar-refractivity contribution is 7.92. The summed E-state index contributed by atoms with van der Waals surface area (Å²) < 4.78 is 67.6. The van der Waals surface area contributed by atoms with Gasteiger partial charge in [-0.15, -0.1) is 0 Å². The fraction of sp³-hybridized carbons (Fsp3) is 0.294. The van der Waals surface area contributed by atoms with Crippen molar-refractivity contribution in [1.82, 2.24) is 4.31 Å². The summed E-state index contributed by atoms with van der Waals surface area (Å²) in [5.74, 6) is -0.882. The van der Waals surface area contributed by atoms with Gasteiger partial charge in [0, 0.05) is 13.1 Å². The molecule has 0 atom stereocenters. The van der Waals surface area contributed by atoms with Crippen LogP contribution in [-0.2, 0) is 20.0 Å². The molecule has 0 aliphatic carbocycles. The van der Waals surface area contributed by atoms with Gasteiger partial charge in [0.1, 0.15) is 0 Å². The molecule has 146 valence electrons. The van der Waals surface area contributed by atoms with Gasteiger partial charge in [-0.3, -0.25) is 4.72 Å². The van der Waals surface area contributed by atoms with Crippen molar-refractivity contribution in [3.63, 3.8) is 0 Å². The predicted octanol–water partition coefficient (Wildman–Crippen LogP) is 3.45. The minimum atomic E-state index is -4.10. The Hall–Kier alpha value is -1.68. The lowest BCUT2D eigenvalue weighted by atomic mass is 10.2. The Labute approximate surface area is 163 Å². The zero-order valence-electron chi connectivity index (χ0n) is 14.2. The summed E-state index contributed by atoms with van der Waals surface area (Å²) in [7, 11) is -7.75. The summed E-state index contributed by atoms with van der Waals surface area (Å²) in [6, 6.07) is 8.81. The topological polar surface area (TPSA) is 83.5 Å². The molecule has 0 spiro atoms. The van der Waals surface area contributed by atoms with Gasteiger partial charge in [0.05, 0.1) is 20.5 Å². The smallest absolute Gasteiger partial charge is 0.261 e. The number of hydrogen-bond donors (Lipinski definition) is 1. The van der Waals surface area contributed by atoms with E-state index in [0.717, 1.165) is 19.3 Å². The first-order chi connectivity index (χ1) is 12.7. The van der Waals surface area contributed by atoms with Crippen molar-refractivity contribution in [2.45, 2.75) is 29.1 Å². The molecule has 2 aromatic rings. The molecule has 1 heterocycles. The average Bonchev–Trinajstić information content (AvgIpc) is 2.66. The predicted molar refractivity (Wildman–Crippen MR) is 101 cm³/mol. The molecule has 1 saturated heterocycles. The molecule has 1 aliphatic heterocycles. The van der Waals surface area contributed by atoms with Gasteiger partial charge in [-0.2, -0.15) is 4.31 Å². The van der Waals surface area contributed by atoms with E-state index in [2.05, 4.69) is 4.72 Å². The number of piperidine rings is 1. The highest BCUT2D eigenvalue weighted by Crippen LogP contribution is 2.26. The van der Waals surface area contributed by atoms with Gasteiger partial charge in [-0.05, 0) is 49.2 Å². The van der Waals surface area contributed by atoms with Crippen molar-refractivity contribution in [1.29, 1.82) is 0 Å². The Morgan fingerprint density at radius 1 is 0.889 bits per heavy atom. The van der Waals surface area contributed by atoms with E-state index in [4.69, 9.17) is 11.6 Å². The van der Waals surface area contributed by atoms with Crippen molar-refractivity contribution in [3.8, 4) is 0 Å². The van der Waals surface area contributed by atoms with E-state index in [1.807, 2.05) is 0 Å². The molecule has 3 rings (SSSR count). The van der Waals surface area contributed by atoms with E-state index in [0.29, 0.717) is 13.1 Å². The molecule has 2 aromatic carbocycles. The van der Waals surface area contributed by atoms with Crippen LogP contribution in [0.1, 0.15) is 19.3 Å². The Bertz CT molecular complexity index is 1040. The fourth-order valence-corrected chi connectivity index (χ4v) is 5.58. The molecular formula is C17H18ClFN2O4S2. The van der Waals surface area contributed by atoms with E-state index in [-0.39, 0.29) is 20.5 Å². The van der Waals surface area contributed by atoms with Crippen LogP contribution in [-0.4, -0.2) is 34.2 Å². The minimum absolute atomic E-state index is 0.0253. The van der Waals surface area contributed by atoms with Crippen LogP contribution in [0, 0.1) is 5.82 Å². The van der Waals surface area contributed by atoms with Gasteiger partial charge in [0.2, 0.25) is 10.0 Å². The maximum atomic E-state index is 13.9. The number of nitrogens with zero attached hydrogens (tertiary/aromatic N) is 1. The van der Waals surface area contributed by atoms with E-state index in [1.54, 1.807) is 0 Å². The van der Waals surface area contributed by atoms with Crippen LogP contribution in [0.2, 0.25) is 5.02 Å². The molecule has 0 amide bonds. The third kappa shape index (κ3) is 4.26. The van der Waals surface area contributed by atoms with Crippen LogP contribution in [0.5, 0.6) is 0 Å². The molecule has 1 N–H and O–H groups in total. The van der Waals surface area contributed by atoms with E-state index < -0.39 is 25.9 Å². The number of anilines is 1. The first-order valence-corrected chi connectivity index (χ1v) is 11.6. The average molecular weight is 433 g/mol. The van der Waals surface area contributed by atoms with E-state index >= 15 is 0 Å². The Morgan fingerprint density at radius 3 is 2.11 bits per heavy atom. The van der Waals surface area contributed by atoms with Crippen molar-refractivity contribution < 1.29 is 21.2 Å². The highest BCUT2D eigenvalue weighted by Gasteiger charge is 2.26. The lowest BCUT2D eigenvalue weighted by molar-refractivity contribution is 0.346. The second-order valence-corrected chi connectivity index (χ2v) is 10.2. The quantitative estimate of drug-likeness (QED) is 0.784. The molecule has 0 bridgehead atoms. The second kappa shape index (κ2) is 7.75. The van der Waals surface area contributed by atoms with Crippen molar-refractivity contribution in [2.75, 3.05) is 17.8 Å². The maximum Gasteiger partial charge on any atom is 0.261 e. The summed E-state index contributed by atoms with van der Waals surface area (Å²) in [6.45, 7) is 0.913. The molecule has 1 aliphatic rings. The standard InChI is InChI=1S/C17H18ClFN2O4S2/c18-15-5-4-6-16(17(15)19)20-26(22,23)13-7-9-14(10-8-13)27(24,25)21-11-2-1-3-12-21/h4-10,20H,1-3,11-12H2. The zero-order chi connectivity index (χ0) is 19.7. The fourth-order valence-electron chi connectivity index (χ4n) is 2.83. The molecule has 10 heteroatoms. The van der Waals surface area contributed by atoms with E-state index in [9.17, 15) is 21.2 Å². The van der Waals surface area contributed by atoms with Gasteiger partial charge < -0.3 is 0 Å².